The van der Waals surface area contributed by atoms with Gasteiger partial charge in [-0.1, -0.05) is 17.7 Å². The Bertz CT molecular complexity index is 872. The smallest absolute Gasteiger partial charge is 0.254 e. The summed E-state index contributed by atoms with van der Waals surface area (Å²) in [6.45, 7) is 0. The number of nitrogens with zero attached hydrogens (tertiary/aromatic N) is 1. The lowest BCUT2D eigenvalue weighted by atomic mass is 9.54. The highest BCUT2D eigenvalue weighted by Gasteiger charge is 2.48. The van der Waals surface area contributed by atoms with Gasteiger partial charge in [0.15, 0.2) is 0 Å². The molecule has 0 aliphatic heterocycles. The van der Waals surface area contributed by atoms with Crippen LogP contribution in [0.3, 0.4) is 0 Å². The van der Waals surface area contributed by atoms with Crippen LogP contribution in [0.15, 0.2) is 36.5 Å². The van der Waals surface area contributed by atoms with Crippen LogP contribution in [-0.2, 0) is 0 Å². The van der Waals surface area contributed by atoms with Crippen LogP contribution < -0.4 is 5.32 Å². The molecule has 4 saturated carbocycles. The number of pyridine rings is 1. The zero-order chi connectivity index (χ0) is 18.5. The fourth-order valence-electron chi connectivity index (χ4n) is 5.83. The van der Waals surface area contributed by atoms with Crippen molar-refractivity contribution in [3.63, 3.8) is 0 Å². The molecule has 5 heteroatoms. The molecule has 2 aromatic rings. The first-order valence-electron chi connectivity index (χ1n) is 9.80. The van der Waals surface area contributed by atoms with E-state index < -0.39 is 5.82 Å². The first-order chi connectivity index (χ1) is 13.1. The highest BCUT2D eigenvalue weighted by Crippen LogP contribution is 2.53. The highest BCUT2D eigenvalue weighted by atomic mass is 35.5. The van der Waals surface area contributed by atoms with Gasteiger partial charge in [-0.25, -0.2) is 4.39 Å². The third-order valence-corrected chi connectivity index (χ3v) is 7.08. The number of rotatable bonds is 3. The van der Waals surface area contributed by atoms with Gasteiger partial charge in [0.1, 0.15) is 5.82 Å². The van der Waals surface area contributed by atoms with Gasteiger partial charge >= 0.3 is 0 Å². The molecule has 6 rings (SSSR count). The van der Waals surface area contributed by atoms with Crippen LogP contribution in [-0.4, -0.2) is 16.9 Å². The number of amides is 1. The summed E-state index contributed by atoms with van der Waals surface area (Å²) >= 11 is 6.15. The molecule has 4 aliphatic carbocycles. The fraction of sp³-hybridized carbons (Fsp3) is 0.455. The summed E-state index contributed by atoms with van der Waals surface area (Å²) < 4.78 is 14.7. The summed E-state index contributed by atoms with van der Waals surface area (Å²) in [5.74, 6) is 2.00. The summed E-state index contributed by atoms with van der Waals surface area (Å²) in [4.78, 5) is 17.0. The Labute approximate surface area is 163 Å². The molecule has 4 bridgehead atoms. The molecule has 3 nitrogen and oxygen atoms in total. The van der Waals surface area contributed by atoms with Crippen LogP contribution in [0, 0.1) is 29.5 Å². The van der Waals surface area contributed by atoms with E-state index in [0.717, 1.165) is 11.8 Å². The van der Waals surface area contributed by atoms with E-state index >= 15 is 0 Å². The normalized spacial score (nSPS) is 31.1. The van der Waals surface area contributed by atoms with Crippen LogP contribution in [0.5, 0.6) is 0 Å². The lowest BCUT2D eigenvalue weighted by molar-refractivity contribution is -0.0120. The Morgan fingerprint density at radius 3 is 2.41 bits per heavy atom. The van der Waals surface area contributed by atoms with Gasteiger partial charge in [0.2, 0.25) is 0 Å². The second kappa shape index (κ2) is 6.59. The van der Waals surface area contributed by atoms with E-state index in [1.165, 1.54) is 38.2 Å². The second-order valence-electron chi connectivity index (χ2n) is 8.46. The quantitative estimate of drug-likeness (QED) is 0.800. The molecule has 0 unspecified atom stereocenters. The minimum absolute atomic E-state index is 0.0969. The van der Waals surface area contributed by atoms with Gasteiger partial charge in [0.25, 0.3) is 5.91 Å². The summed E-state index contributed by atoms with van der Waals surface area (Å²) in [5.41, 5.74) is 1.19. The fourth-order valence-corrected chi connectivity index (χ4v) is 6.07. The standard InChI is InChI=1S/C22H22ClFN2O/c23-18-2-1-5-25-21(18)14-3-4-17(19(24)11-14)22(27)26-20-15-7-12-6-13(9-15)10-16(20)8-12/h1-5,11-13,15-16,20H,6-10H2,(H,26,27)/t12-,13+,15-,16+,20?. The average Bonchev–Trinajstić information content (AvgIpc) is 2.64. The van der Waals surface area contributed by atoms with Crippen molar-refractivity contribution in [1.82, 2.24) is 10.3 Å². The number of aromatic nitrogens is 1. The topological polar surface area (TPSA) is 42.0 Å². The van der Waals surface area contributed by atoms with Crippen LogP contribution >= 0.6 is 11.6 Å². The van der Waals surface area contributed by atoms with Gasteiger partial charge < -0.3 is 5.32 Å². The van der Waals surface area contributed by atoms with Crippen molar-refractivity contribution < 1.29 is 9.18 Å². The molecular formula is C22H22ClFN2O. The highest BCUT2D eigenvalue weighted by molar-refractivity contribution is 6.33. The lowest BCUT2D eigenvalue weighted by Gasteiger charge is -2.54. The number of halogens is 2. The predicted octanol–water partition coefficient (Wildman–Crippen LogP) is 5.10. The molecule has 0 radical (unpaired) electrons. The van der Waals surface area contributed by atoms with Crippen LogP contribution in [0.25, 0.3) is 11.3 Å². The van der Waals surface area contributed by atoms with E-state index in [2.05, 4.69) is 10.3 Å². The molecule has 140 valence electrons. The van der Waals surface area contributed by atoms with Crippen molar-refractivity contribution >= 4 is 17.5 Å². The van der Waals surface area contributed by atoms with Crippen molar-refractivity contribution in [2.24, 2.45) is 23.7 Å². The Morgan fingerprint density at radius 1 is 1.07 bits per heavy atom. The van der Waals surface area contributed by atoms with Crippen molar-refractivity contribution in [2.75, 3.05) is 0 Å². The molecule has 1 aromatic heterocycles. The molecule has 4 aliphatic rings. The van der Waals surface area contributed by atoms with Crippen LogP contribution in [0.2, 0.25) is 5.02 Å². The van der Waals surface area contributed by atoms with Gasteiger partial charge in [-0.3, -0.25) is 9.78 Å². The number of carbonyl (C=O) groups is 1. The van der Waals surface area contributed by atoms with E-state index in [-0.39, 0.29) is 17.5 Å². The molecular weight excluding hydrogens is 363 g/mol. The van der Waals surface area contributed by atoms with Gasteiger partial charge in [0, 0.05) is 17.8 Å². The minimum atomic E-state index is -0.532. The van der Waals surface area contributed by atoms with Gasteiger partial charge in [0.05, 0.1) is 16.3 Å². The molecule has 0 saturated heterocycles. The first kappa shape index (κ1) is 17.2. The molecule has 0 atom stereocenters. The van der Waals surface area contributed by atoms with E-state index in [1.807, 2.05) is 0 Å². The Kier molecular flexibility index (Phi) is 4.19. The van der Waals surface area contributed by atoms with E-state index in [9.17, 15) is 9.18 Å². The van der Waals surface area contributed by atoms with Crippen molar-refractivity contribution in [3.8, 4) is 11.3 Å². The van der Waals surface area contributed by atoms with E-state index in [1.54, 1.807) is 30.5 Å². The monoisotopic (exact) mass is 384 g/mol. The Balaban J connectivity index is 1.36. The maximum atomic E-state index is 14.7. The number of benzene rings is 1. The van der Waals surface area contributed by atoms with E-state index in [0.29, 0.717) is 28.1 Å². The van der Waals surface area contributed by atoms with Crippen LogP contribution in [0.1, 0.15) is 42.5 Å². The van der Waals surface area contributed by atoms with Crippen molar-refractivity contribution in [2.45, 2.75) is 38.1 Å². The Morgan fingerprint density at radius 2 is 1.78 bits per heavy atom. The molecule has 1 aromatic carbocycles. The van der Waals surface area contributed by atoms with Crippen molar-refractivity contribution in [1.29, 1.82) is 0 Å². The largest absolute Gasteiger partial charge is 0.349 e. The SMILES string of the molecule is O=C(NC1[C@H]2C[C@@H]3C[C@@H](C[C@H]1C3)C2)c1ccc(-c2ncccc2Cl)cc1F. The zero-order valence-corrected chi connectivity index (χ0v) is 15.8. The molecule has 1 N–H and O–H groups in total. The average molecular weight is 385 g/mol. The summed E-state index contributed by atoms with van der Waals surface area (Å²) in [7, 11) is 0. The third-order valence-electron chi connectivity index (χ3n) is 6.77. The number of carbonyl (C=O) groups excluding carboxylic acids is 1. The zero-order valence-electron chi connectivity index (χ0n) is 15.0. The minimum Gasteiger partial charge on any atom is -0.349 e. The van der Waals surface area contributed by atoms with Gasteiger partial charge in [-0.05, 0) is 80.0 Å². The number of hydrogen-bond donors (Lipinski definition) is 1. The predicted molar refractivity (Wildman–Crippen MR) is 103 cm³/mol. The maximum absolute atomic E-state index is 14.7. The number of nitrogens with one attached hydrogen (secondary N) is 1. The molecule has 27 heavy (non-hydrogen) atoms. The van der Waals surface area contributed by atoms with Gasteiger partial charge in [-0.15, -0.1) is 0 Å². The molecule has 4 fully saturated rings. The molecule has 0 spiro atoms. The number of hydrogen-bond acceptors (Lipinski definition) is 2. The first-order valence-corrected chi connectivity index (χ1v) is 10.2. The summed E-state index contributed by atoms with van der Waals surface area (Å²) in [6, 6.07) is 8.25. The molecule has 1 amide bonds. The van der Waals surface area contributed by atoms with E-state index in [4.69, 9.17) is 11.6 Å². The van der Waals surface area contributed by atoms with Gasteiger partial charge in [-0.2, -0.15) is 0 Å². The second-order valence-corrected chi connectivity index (χ2v) is 8.87. The Hall–Kier alpha value is -1.94. The van der Waals surface area contributed by atoms with Crippen molar-refractivity contribution in [3.05, 3.63) is 52.9 Å². The lowest BCUT2D eigenvalue weighted by Crippen LogP contribution is -2.55. The summed E-state index contributed by atoms with van der Waals surface area (Å²) in [5, 5.41) is 3.63. The third kappa shape index (κ3) is 3.04. The van der Waals surface area contributed by atoms with Crippen LogP contribution in [0.4, 0.5) is 4.39 Å². The summed E-state index contributed by atoms with van der Waals surface area (Å²) in [6.07, 6.45) is 7.87. The maximum Gasteiger partial charge on any atom is 0.254 e. The molecule has 1 heterocycles.